The van der Waals surface area contributed by atoms with Crippen LogP contribution in [0, 0.1) is 0 Å². The molecule has 0 saturated heterocycles. The minimum atomic E-state index is -0.360. The first-order valence-electron chi connectivity index (χ1n) is 5.71. The lowest BCUT2D eigenvalue weighted by atomic mass is 10.1. The van der Waals surface area contributed by atoms with Crippen LogP contribution in [0.1, 0.15) is 6.92 Å². The van der Waals surface area contributed by atoms with Crippen LogP contribution < -0.4 is 5.32 Å². The van der Waals surface area contributed by atoms with Crippen molar-refractivity contribution in [1.29, 1.82) is 0 Å². The van der Waals surface area contributed by atoms with Crippen molar-refractivity contribution in [3.05, 3.63) is 54.2 Å². The molecule has 0 heterocycles. The van der Waals surface area contributed by atoms with Gasteiger partial charge in [-0.1, -0.05) is 30.3 Å². The second-order valence-electron chi connectivity index (χ2n) is 4.04. The van der Waals surface area contributed by atoms with Crippen LogP contribution in [-0.4, -0.2) is 13.1 Å². The standard InChI is InChI=1S/C15H15NO2/c1-11(9-15(17)18-2)16-14-8-7-12-5-3-4-6-13(12)10-14/h3-10,16H,1-2H3/b11-9-. The van der Waals surface area contributed by atoms with Crippen LogP contribution in [0.25, 0.3) is 10.8 Å². The highest BCUT2D eigenvalue weighted by atomic mass is 16.5. The number of methoxy groups -OCH3 is 1. The van der Waals surface area contributed by atoms with Crippen LogP contribution in [-0.2, 0) is 9.53 Å². The van der Waals surface area contributed by atoms with E-state index < -0.39 is 0 Å². The summed E-state index contributed by atoms with van der Waals surface area (Å²) >= 11 is 0. The maximum atomic E-state index is 11.1. The quantitative estimate of drug-likeness (QED) is 0.661. The zero-order valence-electron chi connectivity index (χ0n) is 10.4. The first kappa shape index (κ1) is 12.2. The van der Waals surface area contributed by atoms with Gasteiger partial charge in [-0.25, -0.2) is 4.79 Å². The molecule has 0 amide bonds. The van der Waals surface area contributed by atoms with E-state index in [0.717, 1.165) is 16.8 Å². The Hall–Kier alpha value is -2.29. The van der Waals surface area contributed by atoms with E-state index in [0.29, 0.717) is 0 Å². The molecule has 2 aromatic carbocycles. The summed E-state index contributed by atoms with van der Waals surface area (Å²) in [5, 5.41) is 5.51. The number of hydrogen-bond acceptors (Lipinski definition) is 3. The maximum Gasteiger partial charge on any atom is 0.332 e. The fourth-order valence-corrected chi connectivity index (χ4v) is 1.77. The number of hydrogen-bond donors (Lipinski definition) is 1. The molecule has 0 aliphatic rings. The van der Waals surface area contributed by atoms with Crippen molar-refractivity contribution in [3.63, 3.8) is 0 Å². The number of nitrogens with one attached hydrogen (secondary N) is 1. The zero-order valence-corrected chi connectivity index (χ0v) is 10.4. The third-order valence-electron chi connectivity index (χ3n) is 2.63. The van der Waals surface area contributed by atoms with Gasteiger partial charge in [0.1, 0.15) is 0 Å². The van der Waals surface area contributed by atoms with Crippen LogP contribution in [0.3, 0.4) is 0 Å². The molecule has 0 aromatic heterocycles. The van der Waals surface area contributed by atoms with Crippen molar-refractivity contribution in [2.75, 3.05) is 12.4 Å². The minimum absolute atomic E-state index is 0.360. The van der Waals surface area contributed by atoms with Crippen molar-refractivity contribution >= 4 is 22.4 Å². The summed E-state index contributed by atoms with van der Waals surface area (Å²) in [5.74, 6) is -0.360. The Kier molecular flexibility index (Phi) is 3.63. The highest BCUT2D eigenvalue weighted by molar-refractivity contribution is 5.86. The van der Waals surface area contributed by atoms with Crippen LogP contribution in [0.4, 0.5) is 5.69 Å². The average Bonchev–Trinajstić information content (AvgIpc) is 2.38. The van der Waals surface area contributed by atoms with Gasteiger partial charge in [0, 0.05) is 17.5 Å². The Morgan fingerprint density at radius 1 is 1.17 bits per heavy atom. The number of ether oxygens (including phenoxy) is 1. The molecular weight excluding hydrogens is 226 g/mol. The van der Waals surface area contributed by atoms with Gasteiger partial charge in [-0.05, 0) is 29.8 Å². The minimum Gasteiger partial charge on any atom is -0.466 e. The van der Waals surface area contributed by atoms with E-state index in [1.165, 1.54) is 18.6 Å². The Bertz CT molecular complexity index is 602. The largest absolute Gasteiger partial charge is 0.466 e. The molecule has 0 fully saturated rings. The van der Waals surface area contributed by atoms with E-state index in [2.05, 4.69) is 22.2 Å². The second-order valence-corrected chi connectivity index (χ2v) is 4.04. The van der Waals surface area contributed by atoms with Gasteiger partial charge in [0.05, 0.1) is 7.11 Å². The summed E-state index contributed by atoms with van der Waals surface area (Å²) in [7, 11) is 1.36. The number of esters is 1. The van der Waals surface area contributed by atoms with Crippen molar-refractivity contribution in [2.45, 2.75) is 6.92 Å². The van der Waals surface area contributed by atoms with Gasteiger partial charge in [0.2, 0.25) is 0 Å². The number of carbonyl (C=O) groups is 1. The lowest BCUT2D eigenvalue weighted by molar-refractivity contribution is -0.134. The third kappa shape index (κ3) is 2.88. The predicted molar refractivity (Wildman–Crippen MR) is 73.3 cm³/mol. The average molecular weight is 241 g/mol. The molecule has 92 valence electrons. The van der Waals surface area contributed by atoms with Gasteiger partial charge in [-0.3, -0.25) is 0 Å². The first-order valence-corrected chi connectivity index (χ1v) is 5.71. The molecule has 0 aliphatic heterocycles. The normalized spacial score (nSPS) is 11.3. The van der Waals surface area contributed by atoms with E-state index >= 15 is 0 Å². The van der Waals surface area contributed by atoms with Crippen LogP contribution in [0.5, 0.6) is 0 Å². The maximum absolute atomic E-state index is 11.1. The molecule has 0 saturated carbocycles. The molecule has 0 bridgehead atoms. The summed E-state index contributed by atoms with van der Waals surface area (Å²) in [4.78, 5) is 11.1. The molecule has 2 aromatic rings. The van der Waals surface area contributed by atoms with Gasteiger partial charge in [-0.15, -0.1) is 0 Å². The number of allylic oxidation sites excluding steroid dienone is 1. The van der Waals surface area contributed by atoms with E-state index in [4.69, 9.17) is 0 Å². The fraction of sp³-hybridized carbons (Fsp3) is 0.133. The SMILES string of the molecule is COC(=O)/C=C(/C)Nc1ccc2ccccc2c1. The third-order valence-corrected chi connectivity index (χ3v) is 2.63. The van der Waals surface area contributed by atoms with E-state index in [-0.39, 0.29) is 5.97 Å². The number of fused-ring (bicyclic) bond motifs is 1. The smallest absolute Gasteiger partial charge is 0.332 e. The summed E-state index contributed by atoms with van der Waals surface area (Å²) in [6.07, 6.45) is 1.43. The molecular formula is C15H15NO2. The Morgan fingerprint density at radius 2 is 1.89 bits per heavy atom. The first-order chi connectivity index (χ1) is 8.69. The summed E-state index contributed by atoms with van der Waals surface area (Å²) in [6.45, 7) is 1.83. The highest BCUT2D eigenvalue weighted by Crippen LogP contribution is 2.19. The molecule has 1 N–H and O–H groups in total. The lowest BCUT2D eigenvalue weighted by Crippen LogP contribution is -2.01. The number of rotatable bonds is 3. The van der Waals surface area contributed by atoms with Crippen molar-refractivity contribution < 1.29 is 9.53 Å². The second kappa shape index (κ2) is 5.36. The topological polar surface area (TPSA) is 38.3 Å². The Labute approximate surface area is 106 Å². The van der Waals surface area contributed by atoms with Crippen molar-refractivity contribution in [2.24, 2.45) is 0 Å². The Morgan fingerprint density at radius 3 is 2.61 bits per heavy atom. The molecule has 0 unspecified atom stereocenters. The Balaban J connectivity index is 2.22. The van der Waals surface area contributed by atoms with Crippen LogP contribution in [0.2, 0.25) is 0 Å². The summed E-state index contributed by atoms with van der Waals surface area (Å²) < 4.78 is 4.57. The van der Waals surface area contributed by atoms with Crippen LogP contribution >= 0.6 is 0 Å². The van der Waals surface area contributed by atoms with Gasteiger partial charge in [0.25, 0.3) is 0 Å². The molecule has 3 heteroatoms. The van der Waals surface area contributed by atoms with Gasteiger partial charge in [0.15, 0.2) is 0 Å². The molecule has 3 nitrogen and oxygen atoms in total. The lowest BCUT2D eigenvalue weighted by Gasteiger charge is -2.07. The molecule has 0 radical (unpaired) electrons. The van der Waals surface area contributed by atoms with E-state index in [1.807, 2.05) is 37.3 Å². The van der Waals surface area contributed by atoms with Crippen molar-refractivity contribution in [1.82, 2.24) is 0 Å². The molecule has 18 heavy (non-hydrogen) atoms. The van der Waals surface area contributed by atoms with Gasteiger partial charge >= 0.3 is 5.97 Å². The van der Waals surface area contributed by atoms with Crippen molar-refractivity contribution in [3.8, 4) is 0 Å². The van der Waals surface area contributed by atoms with Crippen LogP contribution in [0.15, 0.2) is 54.2 Å². The molecule has 2 rings (SSSR count). The number of anilines is 1. The summed E-state index contributed by atoms with van der Waals surface area (Å²) in [6, 6.07) is 14.2. The van der Waals surface area contributed by atoms with Gasteiger partial charge < -0.3 is 10.1 Å². The number of benzene rings is 2. The van der Waals surface area contributed by atoms with E-state index in [1.54, 1.807) is 0 Å². The molecule has 0 atom stereocenters. The molecule has 0 spiro atoms. The number of carbonyl (C=O) groups excluding carboxylic acids is 1. The predicted octanol–water partition coefficient (Wildman–Crippen LogP) is 3.33. The molecule has 0 aliphatic carbocycles. The fourth-order valence-electron chi connectivity index (χ4n) is 1.77. The monoisotopic (exact) mass is 241 g/mol. The van der Waals surface area contributed by atoms with Gasteiger partial charge in [-0.2, -0.15) is 0 Å². The van der Waals surface area contributed by atoms with E-state index in [9.17, 15) is 4.79 Å². The highest BCUT2D eigenvalue weighted by Gasteiger charge is 1.99. The summed E-state index contributed by atoms with van der Waals surface area (Å²) in [5.41, 5.74) is 1.70. The zero-order chi connectivity index (χ0) is 13.0.